The molecule has 1 aliphatic rings. The Balaban J connectivity index is 1.68. The Morgan fingerprint density at radius 1 is 1.35 bits per heavy atom. The van der Waals surface area contributed by atoms with E-state index < -0.39 is 18.1 Å². The van der Waals surface area contributed by atoms with Crippen LogP contribution in [0.4, 0.5) is 8.78 Å². The van der Waals surface area contributed by atoms with Crippen LogP contribution in [0, 0.1) is 0 Å². The smallest absolute Gasteiger partial charge is 0.387 e. The summed E-state index contributed by atoms with van der Waals surface area (Å²) in [4.78, 5) is 17.3. The summed E-state index contributed by atoms with van der Waals surface area (Å²) in [6.45, 7) is 2.69. The van der Waals surface area contributed by atoms with Gasteiger partial charge in [-0.2, -0.15) is 13.9 Å². The highest BCUT2D eigenvalue weighted by molar-refractivity contribution is 6.01. The minimum absolute atomic E-state index is 0.0229. The van der Waals surface area contributed by atoms with E-state index in [1.807, 2.05) is 19.2 Å². The standard InChI is InChI=1S/C29H35F2N5O4/c1-5-7-8-12-35(33-6-2)18-29(3,38)20-11-13-36-22(17-32-25(36)16-20)19-14-23(39-4)26(24(15-19)40-28(30)31)27(37)34-21-9-10-21/h6,8,11-17,21,28,38H,5,7,9-10,18H2,1-4H3,(H,34,37)/b12-8+,33-6-. The molecule has 11 heteroatoms. The Morgan fingerprint density at radius 3 is 2.75 bits per heavy atom. The number of hydrogen-bond donors (Lipinski definition) is 2. The third-order valence-electron chi connectivity index (χ3n) is 6.54. The summed E-state index contributed by atoms with van der Waals surface area (Å²) in [7, 11) is 1.37. The average Bonchev–Trinajstić information content (AvgIpc) is 3.62. The molecule has 214 valence electrons. The van der Waals surface area contributed by atoms with Gasteiger partial charge in [-0.1, -0.05) is 19.4 Å². The van der Waals surface area contributed by atoms with Gasteiger partial charge in [0.2, 0.25) is 0 Å². The fourth-order valence-electron chi connectivity index (χ4n) is 4.38. The molecule has 1 atom stereocenters. The molecule has 0 radical (unpaired) electrons. The van der Waals surface area contributed by atoms with Crippen LogP contribution in [0.1, 0.15) is 62.4 Å². The number of aromatic nitrogens is 2. The number of nitrogens with zero attached hydrogens (tertiary/aromatic N) is 4. The number of halogens is 2. The number of fused-ring (bicyclic) bond motifs is 1. The summed E-state index contributed by atoms with van der Waals surface area (Å²) in [5.41, 5.74) is 0.849. The second-order valence-corrected chi connectivity index (χ2v) is 9.88. The van der Waals surface area contributed by atoms with Crippen LogP contribution in [-0.2, 0) is 5.60 Å². The van der Waals surface area contributed by atoms with E-state index in [1.165, 1.54) is 13.2 Å². The summed E-state index contributed by atoms with van der Waals surface area (Å²) in [5.74, 6) is -0.712. The molecule has 0 aliphatic heterocycles. The number of hydrazone groups is 1. The van der Waals surface area contributed by atoms with Gasteiger partial charge in [0, 0.05) is 30.2 Å². The molecule has 0 bridgehead atoms. The number of allylic oxidation sites excluding steroid dienone is 1. The van der Waals surface area contributed by atoms with E-state index in [1.54, 1.807) is 53.1 Å². The van der Waals surface area contributed by atoms with E-state index in [2.05, 4.69) is 22.3 Å². The van der Waals surface area contributed by atoms with Crippen LogP contribution in [0.25, 0.3) is 16.9 Å². The second kappa shape index (κ2) is 12.5. The number of carbonyl (C=O) groups excluding carboxylic acids is 1. The number of pyridine rings is 1. The molecule has 9 nitrogen and oxygen atoms in total. The predicted octanol–water partition coefficient (Wildman–Crippen LogP) is 5.33. The third-order valence-corrected chi connectivity index (χ3v) is 6.54. The van der Waals surface area contributed by atoms with E-state index >= 15 is 0 Å². The Morgan fingerprint density at radius 2 is 2.10 bits per heavy atom. The number of ether oxygens (including phenoxy) is 2. The topological polar surface area (TPSA) is 101 Å². The maximum atomic E-state index is 13.3. The number of nitrogens with one attached hydrogen (secondary N) is 1. The SMILES string of the molecule is C/C=N\N(/C=C/CCC)CC(C)(O)c1ccn2c(-c3cc(OC)c(C(=O)NC4CC4)c(OC(F)F)c3)cnc2c1. The highest BCUT2D eigenvalue weighted by atomic mass is 19.3. The molecule has 0 saturated heterocycles. The summed E-state index contributed by atoms with van der Waals surface area (Å²) < 4.78 is 38.6. The van der Waals surface area contributed by atoms with Gasteiger partial charge in [0.05, 0.1) is 25.5 Å². The van der Waals surface area contributed by atoms with Gasteiger partial charge < -0.3 is 19.9 Å². The number of unbranched alkanes of at least 4 members (excludes halogenated alkanes) is 1. The Bertz CT molecular complexity index is 1400. The van der Waals surface area contributed by atoms with Crippen molar-refractivity contribution in [3.8, 4) is 22.8 Å². The number of carbonyl (C=O) groups is 1. The largest absolute Gasteiger partial charge is 0.496 e. The first-order chi connectivity index (χ1) is 19.2. The summed E-state index contributed by atoms with van der Waals surface area (Å²) in [5, 5.41) is 20.1. The van der Waals surface area contributed by atoms with E-state index in [0.29, 0.717) is 22.5 Å². The Labute approximate surface area is 232 Å². The molecule has 2 heterocycles. The molecule has 1 fully saturated rings. The van der Waals surface area contributed by atoms with Crippen molar-refractivity contribution >= 4 is 17.8 Å². The molecule has 0 spiro atoms. The zero-order valence-electron chi connectivity index (χ0n) is 23.1. The number of methoxy groups -OCH3 is 1. The van der Waals surface area contributed by atoms with Crippen LogP contribution >= 0.6 is 0 Å². The first-order valence-corrected chi connectivity index (χ1v) is 13.3. The number of imidazole rings is 1. The first kappa shape index (κ1) is 29.0. The van der Waals surface area contributed by atoms with Crippen molar-refractivity contribution in [1.29, 1.82) is 0 Å². The Kier molecular flexibility index (Phi) is 9.03. The normalized spacial score (nSPS) is 15.2. The second-order valence-electron chi connectivity index (χ2n) is 9.88. The summed E-state index contributed by atoms with van der Waals surface area (Å²) in [6.07, 6.45) is 12.4. The van der Waals surface area contributed by atoms with Crippen molar-refractivity contribution in [1.82, 2.24) is 19.7 Å². The van der Waals surface area contributed by atoms with E-state index in [4.69, 9.17) is 9.47 Å². The molecule has 1 aliphatic carbocycles. The molecule has 1 amide bonds. The van der Waals surface area contributed by atoms with Gasteiger partial charge in [0.25, 0.3) is 5.91 Å². The van der Waals surface area contributed by atoms with Crippen molar-refractivity contribution in [2.24, 2.45) is 5.10 Å². The van der Waals surface area contributed by atoms with Crippen molar-refractivity contribution in [2.75, 3.05) is 13.7 Å². The van der Waals surface area contributed by atoms with E-state index in [0.717, 1.165) is 25.7 Å². The van der Waals surface area contributed by atoms with Crippen LogP contribution in [0.2, 0.25) is 0 Å². The lowest BCUT2D eigenvalue weighted by Gasteiger charge is -2.28. The van der Waals surface area contributed by atoms with E-state index in [9.17, 15) is 18.7 Å². The highest BCUT2D eigenvalue weighted by Crippen LogP contribution is 2.37. The summed E-state index contributed by atoms with van der Waals surface area (Å²) >= 11 is 0. The lowest BCUT2D eigenvalue weighted by molar-refractivity contribution is -0.0502. The van der Waals surface area contributed by atoms with Gasteiger partial charge in [-0.3, -0.25) is 14.2 Å². The molecule has 1 saturated carbocycles. The van der Waals surface area contributed by atoms with Gasteiger partial charge in [-0.05, 0) is 62.9 Å². The fraction of sp³-hybridized carbons (Fsp3) is 0.414. The van der Waals surface area contributed by atoms with E-state index in [-0.39, 0.29) is 29.6 Å². The van der Waals surface area contributed by atoms with Crippen molar-refractivity contribution in [3.05, 3.63) is 60.1 Å². The summed E-state index contributed by atoms with van der Waals surface area (Å²) in [6, 6.07) is 6.53. The lowest BCUT2D eigenvalue weighted by atomic mass is 9.96. The number of benzene rings is 1. The average molecular weight is 556 g/mol. The van der Waals surface area contributed by atoms with Gasteiger partial charge in [0.1, 0.15) is 28.3 Å². The number of amides is 1. The number of rotatable bonds is 13. The fourth-order valence-corrected chi connectivity index (χ4v) is 4.38. The zero-order chi connectivity index (χ0) is 28.9. The molecule has 40 heavy (non-hydrogen) atoms. The third kappa shape index (κ3) is 6.77. The van der Waals surface area contributed by atoms with Crippen molar-refractivity contribution in [3.63, 3.8) is 0 Å². The van der Waals surface area contributed by atoms with Crippen LogP contribution in [0.5, 0.6) is 11.5 Å². The number of aliphatic hydroxyl groups is 1. The predicted molar refractivity (Wildman–Crippen MR) is 149 cm³/mol. The highest BCUT2D eigenvalue weighted by Gasteiger charge is 2.30. The molecule has 3 aromatic rings. The van der Waals surface area contributed by atoms with Crippen LogP contribution in [0.15, 0.2) is 54.0 Å². The molecule has 2 N–H and O–H groups in total. The zero-order valence-corrected chi connectivity index (χ0v) is 23.1. The van der Waals surface area contributed by atoms with Gasteiger partial charge in [0.15, 0.2) is 0 Å². The number of alkyl halides is 2. The lowest BCUT2D eigenvalue weighted by Crippen LogP contribution is -2.34. The van der Waals surface area contributed by atoms with Crippen LogP contribution in [0.3, 0.4) is 0 Å². The van der Waals surface area contributed by atoms with Crippen molar-refractivity contribution < 1.29 is 28.2 Å². The van der Waals surface area contributed by atoms with Gasteiger partial charge >= 0.3 is 6.61 Å². The minimum atomic E-state index is -3.13. The first-order valence-electron chi connectivity index (χ1n) is 13.3. The monoisotopic (exact) mass is 555 g/mol. The molecule has 1 unspecified atom stereocenters. The molecular weight excluding hydrogens is 520 g/mol. The van der Waals surface area contributed by atoms with Crippen molar-refractivity contribution in [2.45, 2.75) is 64.7 Å². The molecule has 4 rings (SSSR count). The minimum Gasteiger partial charge on any atom is -0.496 e. The van der Waals surface area contributed by atoms with Gasteiger partial charge in [-0.15, -0.1) is 0 Å². The molecule has 1 aromatic carbocycles. The van der Waals surface area contributed by atoms with Crippen LogP contribution in [-0.4, -0.2) is 57.9 Å². The maximum Gasteiger partial charge on any atom is 0.387 e. The molecular formula is C29H35F2N5O4. The van der Waals surface area contributed by atoms with Crippen LogP contribution < -0.4 is 14.8 Å². The molecule has 2 aromatic heterocycles. The quantitative estimate of drug-likeness (QED) is 0.218. The Hall–Kier alpha value is -3.99. The maximum absolute atomic E-state index is 13.3. The number of hydrogen-bond acceptors (Lipinski definition) is 7. The van der Waals surface area contributed by atoms with Gasteiger partial charge in [-0.25, -0.2) is 4.98 Å².